The van der Waals surface area contributed by atoms with Crippen LogP contribution in [0.2, 0.25) is 0 Å². The smallest absolute Gasteiger partial charge is 0.314 e. The molecule has 0 aromatic carbocycles. The average Bonchev–Trinajstić information content (AvgIpc) is 2.99. The average molecular weight is 337 g/mol. The Morgan fingerprint density at radius 3 is 2.83 bits per heavy atom. The van der Waals surface area contributed by atoms with Crippen molar-refractivity contribution in [2.24, 2.45) is 5.92 Å². The number of urea groups is 1. The molecule has 2 atom stereocenters. The van der Waals surface area contributed by atoms with E-state index in [1.54, 1.807) is 19.1 Å². The number of hydrogen-bond acceptors (Lipinski definition) is 4. The predicted molar refractivity (Wildman–Crippen MR) is 93.9 cm³/mol. The zero-order valence-electron chi connectivity index (χ0n) is 15.3. The Morgan fingerprint density at radius 2 is 2.21 bits per heavy atom. The van der Waals surface area contributed by atoms with E-state index in [2.05, 4.69) is 29.4 Å². The molecule has 6 nitrogen and oxygen atoms in total. The van der Waals surface area contributed by atoms with E-state index < -0.39 is 5.60 Å². The van der Waals surface area contributed by atoms with Crippen molar-refractivity contribution in [2.75, 3.05) is 26.2 Å². The van der Waals surface area contributed by atoms with Gasteiger partial charge in [-0.2, -0.15) is 0 Å². The summed E-state index contributed by atoms with van der Waals surface area (Å²) >= 11 is 0. The van der Waals surface area contributed by atoms with Gasteiger partial charge in [0.1, 0.15) is 17.1 Å². The third-order valence-corrected chi connectivity index (χ3v) is 4.70. The van der Waals surface area contributed by atoms with E-state index in [4.69, 9.17) is 4.42 Å². The predicted octanol–water partition coefficient (Wildman–Crippen LogP) is 2.22. The minimum Gasteiger partial charge on any atom is -0.463 e. The van der Waals surface area contributed by atoms with Gasteiger partial charge in [0.05, 0.1) is 6.54 Å². The minimum atomic E-state index is -1.22. The van der Waals surface area contributed by atoms with Gasteiger partial charge in [-0.25, -0.2) is 4.79 Å². The molecule has 0 spiro atoms. The fourth-order valence-corrected chi connectivity index (χ4v) is 3.10. The Balaban J connectivity index is 1.73. The summed E-state index contributed by atoms with van der Waals surface area (Å²) in [7, 11) is 0. The molecule has 3 N–H and O–H groups in total. The molecule has 0 saturated carbocycles. The second-order valence-electron chi connectivity index (χ2n) is 7.34. The number of nitrogens with zero attached hydrogens (tertiary/aromatic N) is 1. The Hall–Kier alpha value is -1.53. The number of furan rings is 1. The maximum atomic E-state index is 12.0. The molecule has 0 radical (unpaired) electrons. The first-order valence-corrected chi connectivity index (χ1v) is 8.83. The number of likely N-dealkylation sites (tertiary alicyclic amines) is 1. The maximum absolute atomic E-state index is 12.0. The Bertz CT molecular complexity index is 539. The molecule has 2 unspecified atom stereocenters. The summed E-state index contributed by atoms with van der Waals surface area (Å²) < 4.78 is 5.44. The van der Waals surface area contributed by atoms with Crippen LogP contribution in [0.3, 0.4) is 0 Å². The standard InChI is InChI=1S/C18H31N3O3/c1-13(2)21-9-5-6-15(11-21)10-19-17(22)20-12-18(4,23)16-8-7-14(3)24-16/h7-8,13,15,23H,5-6,9-12H2,1-4H3,(H2,19,20,22). The molecule has 1 aliphatic heterocycles. The van der Waals surface area contributed by atoms with Gasteiger partial charge in [-0.1, -0.05) is 0 Å². The van der Waals surface area contributed by atoms with Gasteiger partial charge in [0.2, 0.25) is 0 Å². The van der Waals surface area contributed by atoms with Crippen molar-refractivity contribution in [1.29, 1.82) is 0 Å². The summed E-state index contributed by atoms with van der Waals surface area (Å²) in [6, 6.07) is 3.83. The molecule has 136 valence electrons. The van der Waals surface area contributed by atoms with Gasteiger partial charge >= 0.3 is 6.03 Å². The quantitative estimate of drug-likeness (QED) is 0.744. The van der Waals surface area contributed by atoms with Crippen molar-refractivity contribution in [3.8, 4) is 0 Å². The lowest BCUT2D eigenvalue weighted by molar-refractivity contribution is 0.0359. The fourth-order valence-electron chi connectivity index (χ4n) is 3.10. The number of aryl methyl sites for hydroxylation is 1. The molecule has 6 heteroatoms. The van der Waals surface area contributed by atoms with Gasteiger partial charge in [0.15, 0.2) is 0 Å². The van der Waals surface area contributed by atoms with Crippen molar-refractivity contribution in [1.82, 2.24) is 15.5 Å². The van der Waals surface area contributed by atoms with Crippen LogP contribution in [0.15, 0.2) is 16.5 Å². The van der Waals surface area contributed by atoms with Crippen LogP contribution in [-0.2, 0) is 5.60 Å². The highest BCUT2D eigenvalue weighted by atomic mass is 16.4. The Labute approximate surface area is 144 Å². The highest BCUT2D eigenvalue weighted by molar-refractivity contribution is 5.73. The van der Waals surface area contributed by atoms with Crippen LogP contribution >= 0.6 is 0 Å². The molecule has 2 heterocycles. The summed E-state index contributed by atoms with van der Waals surface area (Å²) in [5.41, 5.74) is -1.22. The molecule has 1 aromatic rings. The zero-order valence-corrected chi connectivity index (χ0v) is 15.3. The maximum Gasteiger partial charge on any atom is 0.314 e. The van der Waals surface area contributed by atoms with E-state index in [-0.39, 0.29) is 12.6 Å². The molecule has 1 aliphatic rings. The van der Waals surface area contributed by atoms with Crippen LogP contribution < -0.4 is 10.6 Å². The first-order valence-electron chi connectivity index (χ1n) is 8.83. The normalized spacial score (nSPS) is 21.5. The molecule has 1 saturated heterocycles. The number of rotatable bonds is 6. The number of piperidine rings is 1. The monoisotopic (exact) mass is 337 g/mol. The van der Waals surface area contributed by atoms with Crippen molar-refractivity contribution in [2.45, 2.75) is 52.2 Å². The van der Waals surface area contributed by atoms with Crippen LogP contribution in [0.4, 0.5) is 4.79 Å². The third kappa shape index (κ3) is 5.24. The third-order valence-electron chi connectivity index (χ3n) is 4.70. The second kappa shape index (κ2) is 8.03. The molecule has 1 aromatic heterocycles. The first-order chi connectivity index (χ1) is 11.3. The van der Waals surface area contributed by atoms with Gasteiger partial charge in [-0.05, 0) is 65.1 Å². The summed E-state index contributed by atoms with van der Waals surface area (Å²) in [6.45, 7) is 10.8. The van der Waals surface area contributed by atoms with Crippen molar-refractivity contribution >= 4 is 6.03 Å². The Kier molecular flexibility index (Phi) is 6.29. The zero-order chi connectivity index (χ0) is 17.7. The van der Waals surface area contributed by atoms with Crippen LogP contribution in [0.5, 0.6) is 0 Å². The molecular formula is C18H31N3O3. The van der Waals surface area contributed by atoms with Gasteiger partial charge in [-0.15, -0.1) is 0 Å². The molecular weight excluding hydrogens is 306 g/mol. The van der Waals surface area contributed by atoms with E-state index in [1.165, 1.54) is 6.42 Å². The van der Waals surface area contributed by atoms with E-state index in [0.29, 0.717) is 24.3 Å². The molecule has 0 aliphatic carbocycles. The number of carbonyl (C=O) groups excluding carboxylic acids is 1. The number of carbonyl (C=O) groups is 1. The molecule has 0 bridgehead atoms. The van der Waals surface area contributed by atoms with Gasteiger partial charge in [-0.3, -0.25) is 0 Å². The Morgan fingerprint density at radius 1 is 1.46 bits per heavy atom. The molecule has 2 rings (SSSR count). The lowest BCUT2D eigenvalue weighted by atomic mass is 9.97. The molecule has 2 amide bonds. The fraction of sp³-hybridized carbons (Fsp3) is 0.722. The molecule has 24 heavy (non-hydrogen) atoms. The van der Waals surface area contributed by atoms with E-state index in [1.807, 2.05) is 6.92 Å². The van der Waals surface area contributed by atoms with Crippen LogP contribution in [0, 0.1) is 12.8 Å². The lowest BCUT2D eigenvalue weighted by Crippen LogP contribution is -2.47. The highest BCUT2D eigenvalue weighted by Crippen LogP contribution is 2.22. The topological polar surface area (TPSA) is 77.7 Å². The van der Waals surface area contributed by atoms with Crippen LogP contribution in [0.25, 0.3) is 0 Å². The van der Waals surface area contributed by atoms with Crippen LogP contribution in [0.1, 0.15) is 45.1 Å². The second-order valence-corrected chi connectivity index (χ2v) is 7.34. The van der Waals surface area contributed by atoms with Gasteiger partial charge in [0.25, 0.3) is 0 Å². The van der Waals surface area contributed by atoms with Crippen molar-refractivity contribution in [3.63, 3.8) is 0 Å². The van der Waals surface area contributed by atoms with Crippen LogP contribution in [-0.4, -0.2) is 48.3 Å². The minimum absolute atomic E-state index is 0.106. The van der Waals surface area contributed by atoms with Gasteiger partial charge < -0.3 is 25.1 Å². The van der Waals surface area contributed by atoms with E-state index >= 15 is 0 Å². The summed E-state index contributed by atoms with van der Waals surface area (Å²) in [6.07, 6.45) is 2.32. The largest absolute Gasteiger partial charge is 0.463 e. The van der Waals surface area contributed by atoms with E-state index in [9.17, 15) is 9.90 Å². The SMILES string of the molecule is Cc1ccc(C(C)(O)CNC(=O)NCC2CCCN(C(C)C)C2)o1. The first kappa shape index (κ1) is 18.8. The highest BCUT2D eigenvalue weighted by Gasteiger charge is 2.28. The summed E-state index contributed by atoms with van der Waals surface area (Å²) in [5.74, 6) is 1.68. The molecule has 1 fully saturated rings. The summed E-state index contributed by atoms with van der Waals surface area (Å²) in [5, 5.41) is 16.1. The summed E-state index contributed by atoms with van der Waals surface area (Å²) in [4.78, 5) is 14.5. The van der Waals surface area contributed by atoms with Crippen molar-refractivity contribution in [3.05, 3.63) is 23.7 Å². The lowest BCUT2D eigenvalue weighted by Gasteiger charge is -2.35. The number of hydrogen-bond donors (Lipinski definition) is 3. The number of amides is 2. The van der Waals surface area contributed by atoms with E-state index in [0.717, 1.165) is 25.3 Å². The van der Waals surface area contributed by atoms with Gasteiger partial charge in [0, 0.05) is 19.1 Å². The number of nitrogens with one attached hydrogen (secondary N) is 2. The number of aliphatic hydroxyl groups is 1. The van der Waals surface area contributed by atoms with Crippen molar-refractivity contribution < 1.29 is 14.3 Å².